The van der Waals surface area contributed by atoms with Crippen molar-refractivity contribution in [3.8, 4) is 0 Å². The molecule has 3 N–H and O–H groups in total. The molecule has 19 heavy (non-hydrogen) atoms. The van der Waals surface area contributed by atoms with Crippen LogP contribution in [0.2, 0.25) is 0 Å². The van der Waals surface area contributed by atoms with E-state index >= 15 is 0 Å². The number of hydrogen-bond acceptors (Lipinski definition) is 4. The van der Waals surface area contributed by atoms with Gasteiger partial charge in [0.05, 0.1) is 12.1 Å². The number of nitrogens with zero attached hydrogens (tertiary/aromatic N) is 1. The van der Waals surface area contributed by atoms with Crippen molar-refractivity contribution in [1.82, 2.24) is 10.9 Å². The van der Waals surface area contributed by atoms with E-state index in [1.165, 1.54) is 0 Å². The van der Waals surface area contributed by atoms with Crippen LogP contribution in [0.3, 0.4) is 0 Å². The maximum Gasteiger partial charge on any atom is 0.331 e. The van der Waals surface area contributed by atoms with Gasteiger partial charge >= 0.3 is 5.97 Å². The van der Waals surface area contributed by atoms with Gasteiger partial charge in [0, 0.05) is 26.2 Å². The van der Waals surface area contributed by atoms with Crippen LogP contribution in [0.15, 0.2) is 16.6 Å². The second-order valence-electron chi connectivity index (χ2n) is 4.66. The van der Waals surface area contributed by atoms with E-state index in [-0.39, 0.29) is 0 Å². The maximum absolute atomic E-state index is 11.0. The molecule has 0 aliphatic heterocycles. The highest BCUT2D eigenvalue weighted by Gasteiger charge is 2.18. The Labute approximate surface area is 114 Å². The molecule has 0 amide bonds. The fraction of sp³-hybridized carbons (Fsp3) is 0.692. The highest BCUT2D eigenvalue weighted by Crippen LogP contribution is 2.16. The summed E-state index contributed by atoms with van der Waals surface area (Å²) in [5, 5.41) is 9.05. The smallest absolute Gasteiger partial charge is 0.331 e. The number of nitrogens with one attached hydrogen (secondary N) is 2. The van der Waals surface area contributed by atoms with Gasteiger partial charge in [-0.25, -0.2) is 10.2 Å². The van der Waals surface area contributed by atoms with Crippen LogP contribution in [0.25, 0.3) is 0 Å². The summed E-state index contributed by atoms with van der Waals surface area (Å²) >= 11 is 0. The van der Waals surface area contributed by atoms with Crippen LogP contribution in [0, 0.1) is 0 Å². The molecule has 6 heteroatoms. The van der Waals surface area contributed by atoms with Crippen LogP contribution < -0.4 is 10.9 Å². The molecule has 6 nitrogen and oxygen atoms in total. The molecule has 0 aromatic heterocycles. The van der Waals surface area contributed by atoms with E-state index < -0.39 is 11.5 Å². The molecule has 0 saturated carbocycles. The molecule has 0 saturated heterocycles. The third-order valence-corrected chi connectivity index (χ3v) is 2.42. The Morgan fingerprint density at radius 1 is 1.47 bits per heavy atom. The normalized spacial score (nSPS) is 13.5. The Morgan fingerprint density at radius 2 is 2.11 bits per heavy atom. The van der Waals surface area contributed by atoms with Gasteiger partial charge in [0.2, 0.25) is 0 Å². The summed E-state index contributed by atoms with van der Waals surface area (Å²) in [7, 11) is 3.38. The van der Waals surface area contributed by atoms with Crippen LogP contribution in [0.4, 0.5) is 0 Å². The van der Waals surface area contributed by atoms with Gasteiger partial charge < -0.3 is 15.3 Å². The molecule has 0 aromatic rings. The van der Waals surface area contributed by atoms with Gasteiger partial charge in [-0.3, -0.25) is 4.99 Å². The molecule has 0 aromatic carbocycles. The van der Waals surface area contributed by atoms with Crippen LogP contribution in [-0.4, -0.2) is 43.2 Å². The van der Waals surface area contributed by atoms with Gasteiger partial charge in [0.25, 0.3) is 0 Å². The number of ether oxygens (including phenoxy) is 1. The molecule has 0 aliphatic carbocycles. The molecule has 0 heterocycles. The average Bonchev–Trinajstić information content (AvgIpc) is 2.32. The van der Waals surface area contributed by atoms with E-state index in [2.05, 4.69) is 15.8 Å². The number of hydrazine groups is 1. The molecule has 0 aliphatic rings. The van der Waals surface area contributed by atoms with E-state index in [4.69, 9.17) is 9.84 Å². The summed E-state index contributed by atoms with van der Waals surface area (Å²) in [6.07, 6.45) is 2.78. The van der Waals surface area contributed by atoms with Crippen molar-refractivity contribution in [2.75, 3.05) is 20.8 Å². The fourth-order valence-corrected chi connectivity index (χ4v) is 1.61. The number of hydrogen-bond donors (Lipinski definition) is 3. The van der Waals surface area contributed by atoms with Gasteiger partial charge in [0.1, 0.15) is 5.84 Å². The van der Waals surface area contributed by atoms with Crippen LogP contribution >= 0.6 is 0 Å². The minimum absolute atomic E-state index is 0.365. The van der Waals surface area contributed by atoms with Gasteiger partial charge in [-0.05, 0) is 26.3 Å². The van der Waals surface area contributed by atoms with Crippen molar-refractivity contribution in [1.29, 1.82) is 0 Å². The Morgan fingerprint density at radius 3 is 2.53 bits per heavy atom. The van der Waals surface area contributed by atoms with Gasteiger partial charge in [-0.2, -0.15) is 0 Å². The number of carboxylic acids is 1. The largest absolute Gasteiger partial charge is 0.478 e. The van der Waals surface area contributed by atoms with Crippen LogP contribution in [0.1, 0.15) is 33.6 Å². The lowest BCUT2D eigenvalue weighted by Crippen LogP contribution is -2.37. The number of carbonyl (C=O) groups is 1. The monoisotopic (exact) mass is 271 g/mol. The number of rotatable bonds is 8. The maximum atomic E-state index is 11.0. The number of amidine groups is 1. The number of aliphatic carboxylic acids is 1. The predicted octanol–water partition coefficient (Wildman–Crippen LogP) is 1.34. The van der Waals surface area contributed by atoms with E-state index in [0.29, 0.717) is 25.0 Å². The topological polar surface area (TPSA) is 83.0 Å². The SMILES string of the molecule is CC/C(=C\C(C)(C)N=C(CCOC)NNC)C(=O)O. The summed E-state index contributed by atoms with van der Waals surface area (Å²) in [5.74, 6) is -0.169. The molecule has 0 spiro atoms. The quantitative estimate of drug-likeness (QED) is 0.269. The molecular formula is C13H25N3O3. The molecular weight excluding hydrogens is 246 g/mol. The fourth-order valence-electron chi connectivity index (χ4n) is 1.61. The Hall–Kier alpha value is -1.40. The van der Waals surface area contributed by atoms with E-state index in [1.54, 1.807) is 20.2 Å². The molecule has 0 radical (unpaired) electrons. The van der Waals surface area contributed by atoms with Crippen molar-refractivity contribution in [2.24, 2.45) is 4.99 Å². The summed E-state index contributed by atoms with van der Waals surface area (Å²) in [6, 6.07) is 0. The third-order valence-electron chi connectivity index (χ3n) is 2.42. The minimum atomic E-state index is -0.897. The van der Waals surface area contributed by atoms with Crippen molar-refractivity contribution >= 4 is 11.8 Å². The van der Waals surface area contributed by atoms with E-state index in [1.807, 2.05) is 20.8 Å². The first-order valence-corrected chi connectivity index (χ1v) is 6.31. The molecule has 0 atom stereocenters. The lowest BCUT2D eigenvalue weighted by molar-refractivity contribution is -0.132. The zero-order valence-electron chi connectivity index (χ0n) is 12.4. The Bertz CT molecular complexity index is 349. The lowest BCUT2D eigenvalue weighted by atomic mass is 10.0. The zero-order valence-corrected chi connectivity index (χ0v) is 12.4. The summed E-state index contributed by atoms with van der Waals surface area (Å²) in [5.41, 5.74) is 5.53. The molecule has 0 unspecified atom stereocenters. The molecule has 0 fully saturated rings. The first-order valence-electron chi connectivity index (χ1n) is 6.31. The van der Waals surface area contributed by atoms with Gasteiger partial charge in [-0.1, -0.05) is 6.92 Å². The lowest BCUT2D eigenvalue weighted by Gasteiger charge is -2.19. The van der Waals surface area contributed by atoms with Crippen molar-refractivity contribution < 1.29 is 14.6 Å². The molecule has 110 valence electrons. The number of carboxylic acid groups (broad SMARTS) is 1. The molecule has 0 bridgehead atoms. The van der Waals surface area contributed by atoms with Crippen molar-refractivity contribution in [3.05, 3.63) is 11.6 Å². The first kappa shape index (κ1) is 17.6. The van der Waals surface area contributed by atoms with Crippen LogP contribution in [0.5, 0.6) is 0 Å². The highest BCUT2D eigenvalue weighted by atomic mass is 16.5. The van der Waals surface area contributed by atoms with Crippen molar-refractivity contribution in [2.45, 2.75) is 39.2 Å². The van der Waals surface area contributed by atoms with Crippen LogP contribution in [-0.2, 0) is 9.53 Å². The summed E-state index contributed by atoms with van der Waals surface area (Å²) in [4.78, 5) is 15.6. The van der Waals surface area contributed by atoms with E-state index in [9.17, 15) is 4.79 Å². The average molecular weight is 271 g/mol. The number of methoxy groups -OCH3 is 1. The second-order valence-corrected chi connectivity index (χ2v) is 4.66. The molecule has 0 rings (SSSR count). The Balaban J connectivity index is 5.07. The standard InChI is InChI=1S/C13H25N3O3/c1-6-10(12(17)18)9-13(2,3)15-11(16-14-4)7-8-19-5/h9,14H,6-8H2,1-5H3,(H,15,16)(H,17,18)/b10-9+. The van der Waals surface area contributed by atoms with Gasteiger partial charge in [-0.15, -0.1) is 0 Å². The first-order chi connectivity index (χ1) is 8.86. The van der Waals surface area contributed by atoms with Gasteiger partial charge in [0.15, 0.2) is 0 Å². The predicted molar refractivity (Wildman–Crippen MR) is 76.2 cm³/mol. The highest BCUT2D eigenvalue weighted by molar-refractivity contribution is 5.87. The summed E-state index contributed by atoms with van der Waals surface area (Å²) < 4.78 is 5.02. The summed E-state index contributed by atoms with van der Waals surface area (Å²) in [6.45, 7) is 6.11. The zero-order chi connectivity index (χ0) is 14.9. The second kappa shape index (κ2) is 8.66. The number of aliphatic imine (C=N–C) groups is 1. The minimum Gasteiger partial charge on any atom is -0.478 e. The van der Waals surface area contributed by atoms with Crippen molar-refractivity contribution in [3.63, 3.8) is 0 Å². The third kappa shape index (κ3) is 7.58. The van der Waals surface area contributed by atoms with E-state index in [0.717, 1.165) is 5.84 Å². The Kier molecular flexibility index (Phi) is 8.02.